The Bertz CT molecular complexity index is 832. The van der Waals surface area contributed by atoms with E-state index in [1.54, 1.807) is 12.3 Å². The molecule has 124 valence electrons. The molecule has 24 heavy (non-hydrogen) atoms. The molecule has 2 amide bonds. The van der Waals surface area contributed by atoms with Gasteiger partial charge in [0.15, 0.2) is 0 Å². The molecule has 1 aromatic carbocycles. The van der Waals surface area contributed by atoms with Crippen molar-refractivity contribution in [1.29, 1.82) is 0 Å². The van der Waals surface area contributed by atoms with Crippen molar-refractivity contribution in [2.45, 2.75) is 37.6 Å². The molecule has 2 aliphatic rings. The summed E-state index contributed by atoms with van der Waals surface area (Å²) < 4.78 is 0. The van der Waals surface area contributed by atoms with Gasteiger partial charge < -0.3 is 10.6 Å². The number of nitrogens with one attached hydrogen (secondary N) is 2. The number of pyridine rings is 1. The Hall–Kier alpha value is -2.14. The second-order valence-corrected chi connectivity index (χ2v) is 6.93. The van der Waals surface area contributed by atoms with Crippen LogP contribution in [0.1, 0.15) is 47.5 Å². The summed E-state index contributed by atoms with van der Waals surface area (Å²) in [6, 6.07) is 5.24. The van der Waals surface area contributed by atoms with E-state index in [-0.39, 0.29) is 11.8 Å². The number of carbonyl (C=O) groups is 2. The molecule has 1 saturated heterocycles. The number of hydrogen-bond acceptors (Lipinski definition) is 3. The largest absolute Gasteiger partial charge is 0.354 e. The average molecular weight is 344 g/mol. The SMILES string of the molecule is O=C(N[C@H]1CCNC1=O)c1cnc2cc(C3CCC3)c(Cl)cc2c1. The number of halogens is 1. The maximum Gasteiger partial charge on any atom is 0.253 e. The van der Waals surface area contributed by atoms with Crippen LogP contribution >= 0.6 is 11.6 Å². The Labute approximate surface area is 144 Å². The fourth-order valence-corrected chi connectivity index (χ4v) is 3.62. The van der Waals surface area contributed by atoms with Gasteiger partial charge in [-0.25, -0.2) is 0 Å². The molecule has 1 aliphatic heterocycles. The summed E-state index contributed by atoms with van der Waals surface area (Å²) >= 11 is 6.42. The number of aromatic nitrogens is 1. The van der Waals surface area contributed by atoms with Gasteiger partial charge in [-0.15, -0.1) is 0 Å². The first-order chi connectivity index (χ1) is 11.6. The van der Waals surface area contributed by atoms with Gasteiger partial charge in [0, 0.05) is 23.2 Å². The van der Waals surface area contributed by atoms with Gasteiger partial charge in [-0.3, -0.25) is 14.6 Å². The number of hydrogen-bond donors (Lipinski definition) is 2. The van der Waals surface area contributed by atoms with Crippen LogP contribution in [-0.2, 0) is 4.79 Å². The average Bonchev–Trinajstić information content (AvgIpc) is 2.91. The molecule has 1 aliphatic carbocycles. The Morgan fingerprint density at radius 2 is 2.08 bits per heavy atom. The van der Waals surface area contributed by atoms with Crippen LogP contribution in [0.25, 0.3) is 10.9 Å². The highest BCUT2D eigenvalue weighted by atomic mass is 35.5. The lowest BCUT2D eigenvalue weighted by Gasteiger charge is -2.26. The summed E-state index contributed by atoms with van der Waals surface area (Å²) in [4.78, 5) is 28.3. The molecule has 2 aromatic rings. The highest BCUT2D eigenvalue weighted by Gasteiger charge is 2.26. The number of amides is 2. The van der Waals surface area contributed by atoms with Crippen LogP contribution in [0.15, 0.2) is 24.4 Å². The summed E-state index contributed by atoms with van der Waals surface area (Å²) in [6.45, 7) is 0.597. The first kappa shape index (κ1) is 15.4. The number of fused-ring (bicyclic) bond motifs is 1. The number of rotatable bonds is 3. The van der Waals surface area contributed by atoms with Gasteiger partial charge in [-0.2, -0.15) is 0 Å². The standard InChI is InChI=1S/C18H18ClN3O2/c19-14-7-11-6-12(17(23)22-15-4-5-20-18(15)24)9-21-16(11)8-13(14)10-2-1-3-10/h6-10,15H,1-5H2,(H,20,24)(H,22,23)/t15-/m0/s1. The second-order valence-electron chi connectivity index (χ2n) is 6.52. The van der Waals surface area contributed by atoms with E-state index in [0.717, 1.165) is 21.5 Å². The minimum Gasteiger partial charge on any atom is -0.354 e. The van der Waals surface area contributed by atoms with E-state index in [1.165, 1.54) is 19.3 Å². The maximum atomic E-state index is 12.3. The molecule has 4 rings (SSSR count). The van der Waals surface area contributed by atoms with Crippen LogP contribution < -0.4 is 10.6 Å². The van der Waals surface area contributed by atoms with Gasteiger partial charge in [0.05, 0.1) is 11.1 Å². The molecule has 0 spiro atoms. The molecule has 2 heterocycles. The van der Waals surface area contributed by atoms with Gasteiger partial charge in [0.2, 0.25) is 5.91 Å². The third-order valence-corrected chi connectivity index (χ3v) is 5.29. The maximum absolute atomic E-state index is 12.3. The Morgan fingerprint density at radius 1 is 1.25 bits per heavy atom. The molecular formula is C18H18ClN3O2. The lowest BCUT2D eigenvalue weighted by molar-refractivity contribution is -0.120. The van der Waals surface area contributed by atoms with Crippen LogP contribution in [0.4, 0.5) is 0 Å². The molecule has 2 N–H and O–H groups in total. The molecule has 2 fully saturated rings. The molecule has 5 nitrogen and oxygen atoms in total. The lowest BCUT2D eigenvalue weighted by Crippen LogP contribution is -2.40. The van der Waals surface area contributed by atoms with Crippen LogP contribution in [0.5, 0.6) is 0 Å². The minimum atomic E-state index is -0.460. The number of benzene rings is 1. The first-order valence-corrected chi connectivity index (χ1v) is 8.67. The molecule has 1 atom stereocenters. The fraction of sp³-hybridized carbons (Fsp3) is 0.389. The van der Waals surface area contributed by atoms with E-state index < -0.39 is 6.04 Å². The quantitative estimate of drug-likeness (QED) is 0.900. The van der Waals surface area contributed by atoms with Gasteiger partial charge in [0.1, 0.15) is 6.04 Å². The van der Waals surface area contributed by atoms with Crippen LogP contribution in [0, 0.1) is 0 Å². The zero-order valence-electron chi connectivity index (χ0n) is 13.1. The highest BCUT2D eigenvalue weighted by molar-refractivity contribution is 6.32. The van der Waals surface area contributed by atoms with Crippen molar-refractivity contribution in [1.82, 2.24) is 15.6 Å². The van der Waals surface area contributed by atoms with Crippen molar-refractivity contribution in [2.24, 2.45) is 0 Å². The summed E-state index contributed by atoms with van der Waals surface area (Å²) in [6.07, 6.45) is 5.77. The summed E-state index contributed by atoms with van der Waals surface area (Å²) in [5.41, 5.74) is 2.44. The second kappa shape index (κ2) is 6.06. The molecule has 0 bridgehead atoms. The van der Waals surface area contributed by atoms with Gasteiger partial charge >= 0.3 is 0 Å². The van der Waals surface area contributed by atoms with Crippen molar-refractivity contribution < 1.29 is 9.59 Å². The monoisotopic (exact) mass is 343 g/mol. The van der Waals surface area contributed by atoms with E-state index in [4.69, 9.17) is 11.6 Å². The molecule has 0 radical (unpaired) electrons. The van der Waals surface area contributed by atoms with E-state index >= 15 is 0 Å². The Morgan fingerprint density at radius 3 is 2.75 bits per heavy atom. The zero-order chi connectivity index (χ0) is 16.7. The summed E-state index contributed by atoms with van der Waals surface area (Å²) in [5, 5.41) is 7.03. The van der Waals surface area contributed by atoms with E-state index in [0.29, 0.717) is 24.4 Å². The highest BCUT2D eigenvalue weighted by Crippen LogP contribution is 2.40. The van der Waals surface area contributed by atoms with Gasteiger partial charge in [-0.1, -0.05) is 18.0 Å². The third-order valence-electron chi connectivity index (χ3n) is 4.96. The molecule has 6 heteroatoms. The van der Waals surface area contributed by atoms with Crippen LogP contribution in [-0.4, -0.2) is 29.4 Å². The number of carbonyl (C=O) groups excluding carboxylic acids is 2. The van der Waals surface area contributed by atoms with Crippen molar-refractivity contribution in [3.8, 4) is 0 Å². The van der Waals surface area contributed by atoms with Crippen molar-refractivity contribution >= 4 is 34.3 Å². The van der Waals surface area contributed by atoms with Crippen molar-refractivity contribution in [2.75, 3.05) is 6.54 Å². The van der Waals surface area contributed by atoms with Crippen molar-refractivity contribution in [3.63, 3.8) is 0 Å². The Balaban J connectivity index is 1.60. The number of nitrogens with zero attached hydrogens (tertiary/aromatic N) is 1. The minimum absolute atomic E-state index is 0.134. The van der Waals surface area contributed by atoms with Gasteiger partial charge in [-0.05, 0) is 48.9 Å². The molecule has 1 saturated carbocycles. The topological polar surface area (TPSA) is 71.1 Å². The predicted octanol–water partition coefficient (Wildman–Crippen LogP) is 2.77. The third kappa shape index (κ3) is 2.73. The molecular weight excluding hydrogens is 326 g/mol. The predicted molar refractivity (Wildman–Crippen MR) is 92.2 cm³/mol. The van der Waals surface area contributed by atoms with E-state index in [9.17, 15) is 9.59 Å². The van der Waals surface area contributed by atoms with E-state index in [1.807, 2.05) is 12.1 Å². The normalized spacial score (nSPS) is 20.7. The van der Waals surface area contributed by atoms with Crippen LogP contribution in [0.2, 0.25) is 5.02 Å². The summed E-state index contributed by atoms with van der Waals surface area (Å²) in [5.74, 6) is 0.114. The fourth-order valence-electron chi connectivity index (χ4n) is 3.29. The zero-order valence-corrected chi connectivity index (χ0v) is 13.9. The van der Waals surface area contributed by atoms with E-state index in [2.05, 4.69) is 15.6 Å². The molecule has 0 unspecified atom stereocenters. The first-order valence-electron chi connectivity index (χ1n) is 8.29. The summed E-state index contributed by atoms with van der Waals surface area (Å²) in [7, 11) is 0. The molecule has 1 aromatic heterocycles. The van der Waals surface area contributed by atoms with Crippen molar-refractivity contribution in [3.05, 3.63) is 40.5 Å². The van der Waals surface area contributed by atoms with Gasteiger partial charge in [0.25, 0.3) is 5.91 Å². The lowest BCUT2D eigenvalue weighted by atomic mass is 9.80. The smallest absolute Gasteiger partial charge is 0.253 e. The Kier molecular flexibility index (Phi) is 3.88. The van der Waals surface area contributed by atoms with Crippen LogP contribution in [0.3, 0.4) is 0 Å².